The molecule has 0 amide bonds. The highest BCUT2D eigenvalue weighted by molar-refractivity contribution is 5.34. The molecule has 50 valence electrons. The Labute approximate surface area is 54.7 Å². The number of aromatic nitrogens is 2. The topological polar surface area (TPSA) is 31.9 Å². The van der Waals surface area contributed by atoms with Crippen molar-refractivity contribution in [3.63, 3.8) is 0 Å². The van der Waals surface area contributed by atoms with Gasteiger partial charge in [-0.25, -0.2) is 0 Å². The number of nitrogens with zero attached hydrogens (tertiary/aromatic N) is 2. The second-order valence-corrected chi connectivity index (χ2v) is 1.96. The molecule has 0 saturated heterocycles. The fourth-order valence-corrected chi connectivity index (χ4v) is 0.631. The minimum absolute atomic E-state index is 1.00. The van der Waals surface area contributed by atoms with E-state index >= 15 is 0 Å². The van der Waals surface area contributed by atoms with Crippen molar-refractivity contribution < 1.29 is 0 Å². The second kappa shape index (κ2) is 2.53. The second-order valence-electron chi connectivity index (χ2n) is 1.96. The Bertz CT molecular complexity index is 157. The smallest absolute Gasteiger partial charge is 0.123 e. The monoisotopic (exact) mass is 125 g/mol. The van der Waals surface area contributed by atoms with E-state index in [1.807, 2.05) is 13.1 Å². The maximum Gasteiger partial charge on any atom is 0.123 e. The molecule has 0 aromatic carbocycles. The van der Waals surface area contributed by atoms with Gasteiger partial charge < -0.3 is 4.90 Å². The first-order valence-electron chi connectivity index (χ1n) is 3.05. The molecular formula is C6H11N3. The Morgan fingerprint density at radius 3 is 3.00 bits per heavy atom. The van der Waals surface area contributed by atoms with Crippen molar-refractivity contribution in [1.29, 1.82) is 0 Å². The lowest BCUT2D eigenvalue weighted by atomic mass is 10.5. The van der Waals surface area contributed by atoms with Gasteiger partial charge in [-0.05, 0) is 6.92 Å². The van der Waals surface area contributed by atoms with Gasteiger partial charge in [0.2, 0.25) is 0 Å². The summed E-state index contributed by atoms with van der Waals surface area (Å²) in [6, 6.07) is 1.95. The third-order valence-corrected chi connectivity index (χ3v) is 1.37. The van der Waals surface area contributed by atoms with Crippen molar-refractivity contribution in [2.75, 3.05) is 18.5 Å². The Morgan fingerprint density at radius 2 is 2.56 bits per heavy atom. The highest BCUT2D eigenvalue weighted by atomic mass is 15.2. The average Bonchev–Trinajstić information content (AvgIpc) is 2.37. The van der Waals surface area contributed by atoms with Crippen LogP contribution in [0.1, 0.15) is 6.92 Å². The summed E-state index contributed by atoms with van der Waals surface area (Å²) in [4.78, 5) is 2.09. The molecule has 0 saturated carbocycles. The molecule has 0 aliphatic heterocycles. The molecule has 0 atom stereocenters. The quantitative estimate of drug-likeness (QED) is 0.636. The summed E-state index contributed by atoms with van der Waals surface area (Å²) in [5, 5.41) is 6.69. The molecule has 9 heavy (non-hydrogen) atoms. The maximum atomic E-state index is 3.82. The van der Waals surface area contributed by atoms with Crippen molar-refractivity contribution in [3.05, 3.63) is 12.3 Å². The Kier molecular flexibility index (Phi) is 1.72. The molecule has 0 bridgehead atoms. The molecular weight excluding hydrogens is 114 g/mol. The fourth-order valence-electron chi connectivity index (χ4n) is 0.631. The summed E-state index contributed by atoms with van der Waals surface area (Å²) in [6.45, 7) is 3.10. The summed E-state index contributed by atoms with van der Waals surface area (Å²) in [6.07, 6.45) is 1.75. The fraction of sp³-hybridized carbons (Fsp3) is 0.500. The van der Waals surface area contributed by atoms with Gasteiger partial charge in [-0.1, -0.05) is 0 Å². The number of rotatable bonds is 2. The van der Waals surface area contributed by atoms with Gasteiger partial charge in [-0.15, -0.1) is 0 Å². The van der Waals surface area contributed by atoms with Gasteiger partial charge in [0.15, 0.2) is 0 Å². The van der Waals surface area contributed by atoms with E-state index in [0.717, 1.165) is 12.4 Å². The van der Waals surface area contributed by atoms with Crippen molar-refractivity contribution in [1.82, 2.24) is 10.2 Å². The number of nitrogens with one attached hydrogen (secondary N) is 1. The van der Waals surface area contributed by atoms with Crippen LogP contribution in [0.2, 0.25) is 0 Å². The van der Waals surface area contributed by atoms with Gasteiger partial charge in [-0.2, -0.15) is 5.10 Å². The van der Waals surface area contributed by atoms with Gasteiger partial charge in [0.05, 0.1) is 6.20 Å². The van der Waals surface area contributed by atoms with Crippen molar-refractivity contribution >= 4 is 5.82 Å². The van der Waals surface area contributed by atoms with Gasteiger partial charge in [0.25, 0.3) is 0 Å². The molecule has 1 N–H and O–H groups in total. The van der Waals surface area contributed by atoms with Gasteiger partial charge in [-0.3, -0.25) is 5.10 Å². The minimum Gasteiger partial charge on any atom is -0.360 e. The SMILES string of the molecule is CCN(C)c1ccn[nH]1. The van der Waals surface area contributed by atoms with E-state index in [9.17, 15) is 0 Å². The summed E-state index contributed by atoms with van der Waals surface area (Å²) in [5.41, 5.74) is 0. The van der Waals surface area contributed by atoms with Crippen LogP contribution in [0.4, 0.5) is 5.82 Å². The van der Waals surface area contributed by atoms with Crippen molar-refractivity contribution in [2.24, 2.45) is 0 Å². The minimum atomic E-state index is 1.00. The number of hydrogen-bond acceptors (Lipinski definition) is 2. The number of H-pyrrole nitrogens is 1. The molecule has 0 unspecified atom stereocenters. The summed E-state index contributed by atoms with van der Waals surface area (Å²) < 4.78 is 0. The number of aromatic amines is 1. The maximum absolute atomic E-state index is 3.82. The molecule has 0 aliphatic rings. The van der Waals surface area contributed by atoms with Crippen LogP contribution < -0.4 is 4.90 Å². The highest BCUT2D eigenvalue weighted by Gasteiger charge is 1.95. The third-order valence-electron chi connectivity index (χ3n) is 1.37. The first-order chi connectivity index (χ1) is 4.34. The predicted octanol–water partition coefficient (Wildman–Crippen LogP) is 0.866. The van der Waals surface area contributed by atoms with E-state index in [2.05, 4.69) is 22.0 Å². The van der Waals surface area contributed by atoms with Gasteiger partial charge in [0.1, 0.15) is 5.82 Å². The zero-order valence-electron chi connectivity index (χ0n) is 5.76. The summed E-state index contributed by atoms with van der Waals surface area (Å²) in [7, 11) is 2.02. The van der Waals surface area contributed by atoms with E-state index in [4.69, 9.17) is 0 Å². The van der Waals surface area contributed by atoms with Crippen LogP contribution in [0.5, 0.6) is 0 Å². The zero-order valence-corrected chi connectivity index (χ0v) is 5.76. The molecule has 1 heterocycles. The third kappa shape index (κ3) is 1.22. The molecule has 1 rings (SSSR count). The molecule has 1 aromatic rings. The molecule has 0 aliphatic carbocycles. The molecule has 0 fully saturated rings. The van der Waals surface area contributed by atoms with Crippen LogP contribution in [-0.4, -0.2) is 23.8 Å². The van der Waals surface area contributed by atoms with E-state index in [1.165, 1.54) is 0 Å². The van der Waals surface area contributed by atoms with Crippen LogP contribution in [0.15, 0.2) is 12.3 Å². The molecule has 3 heteroatoms. The van der Waals surface area contributed by atoms with E-state index in [1.54, 1.807) is 6.20 Å². The molecule has 3 nitrogen and oxygen atoms in total. The Hall–Kier alpha value is -0.990. The summed E-state index contributed by atoms with van der Waals surface area (Å²) >= 11 is 0. The zero-order chi connectivity index (χ0) is 6.69. The first-order valence-corrected chi connectivity index (χ1v) is 3.05. The van der Waals surface area contributed by atoms with Crippen LogP contribution in [0, 0.1) is 0 Å². The largest absolute Gasteiger partial charge is 0.360 e. The van der Waals surface area contributed by atoms with Crippen LogP contribution in [-0.2, 0) is 0 Å². The van der Waals surface area contributed by atoms with E-state index in [0.29, 0.717) is 0 Å². The van der Waals surface area contributed by atoms with E-state index < -0.39 is 0 Å². The molecule has 0 spiro atoms. The predicted molar refractivity (Wildman–Crippen MR) is 37.5 cm³/mol. The van der Waals surface area contributed by atoms with Crippen molar-refractivity contribution in [2.45, 2.75) is 6.92 Å². The number of hydrogen-bond donors (Lipinski definition) is 1. The van der Waals surface area contributed by atoms with Gasteiger partial charge in [0, 0.05) is 19.7 Å². The highest BCUT2D eigenvalue weighted by Crippen LogP contribution is 2.03. The Morgan fingerprint density at radius 1 is 1.78 bits per heavy atom. The van der Waals surface area contributed by atoms with Crippen LogP contribution in [0.25, 0.3) is 0 Å². The Balaban J connectivity index is 2.65. The van der Waals surface area contributed by atoms with Crippen molar-refractivity contribution in [3.8, 4) is 0 Å². The average molecular weight is 125 g/mol. The number of anilines is 1. The lowest BCUT2D eigenvalue weighted by Crippen LogP contribution is -2.15. The van der Waals surface area contributed by atoms with E-state index in [-0.39, 0.29) is 0 Å². The lowest BCUT2D eigenvalue weighted by molar-refractivity contribution is 0.922. The lowest BCUT2D eigenvalue weighted by Gasteiger charge is -2.12. The first kappa shape index (κ1) is 6.13. The molecule has 0 radical (unpaired) electrons. The summed E-state index contributed by atoms with van der Waals surface area (Å²) in [5.74, 6) is 1.07. The van der Waals surface area contributed by atoms with Crippen LogP contribution >= 0.6 is 0 Å². The molecule has 1 aromatic heterocycles. The van der Waals surface area contributed by atoms with Gasteiger partial charge >= 0.3 is 0 Å². The standard InChI is InChI=1S/C6H11N3/c1-3-9(2)6-4-5-7-8-6/h4-5H,3H2,1-2H3,(H,7,8). The van der Waals surface area contributed by atoms with Crippen LogP contribution in [0.3, 0.4) is 0 Å². The normalized spacial score (nSPS) is 9.56.